The molecule has 0 spiro atoms. The SMILES string of the molecule is Cc1nc(Nc2ccc(N(C)C)cc2)c2cnn(-c3ccccc3)c2n1. The van der Waals surface area contributed by atoms with Crippen molar-refractivity contribution >= 4 is 28.2 Å². The minimum Gasteiger partial charge on any atom is -0.378 e. The number of nitrogens with zero attached hydrogens (tertiary/aromatic N) is 5. The van der Waals surface area contributed by atoms with Crippen LogP contribution in [0.25, 0.3) is 16.7 Å². The van der Waals surface area contributed by atoms with Gasteiger partial charge in [0.25, 0.3) is 0 Å². The fourth-order valence-electron chi connectivity index (χ4n) is 2.85. The molecule has 0 fully saturated rings. The summed E-state index contributed by atoms with van der Waals surface area (Å²) in [5.74, 6) is 1.45. The van der Waals surface area contributed by atoms with Gasteiger partial charge < -0.3 is 10.2 Å². The van der Waals surface area contributed by atoms with Gasteiger partial charge in [0, 0.05) is 25.5 Å². The molecule has 4 rings (SSSR count). The molecule has 0 atom stereocenters. The number of rotatable bonds is 4. The maximum Gasteiger partial charge on any atom is 0.168 e. The molecule has 2 aromatic heterocycles. The van der Waals surface area contributed by atoms with E-state index in [-0.39, 0.29) is 0 Å². The maximum absolute atomic E-state index is 4.59. The van der Waals surface area contributed by atoms with Crippen LogP contribution in [0.1, 0.15) is 5.82 Å². The molecule has 0 saturated carbocycles. The van der Waals surface area contributed by atoms with E-state index in [1.165, 1.54) is 0 Å². The molecular weight excluding hydrogens is 324 g/mol. The Morgan fingerprint density at radius 2 is 1.65 bits per heavy atom. The zero-order valence-corrected chi connectivity index (χ0v) is 15.0. The van der Waals surface area contributed by atoms with Crippen molar-refractivity contribution in [1.82, 2.24) is 19.7 Å². The van der Waals surface area contributed by atoms with Crippen molar-refractivity contribution in [1.29, 1.82) is 0 Å². The summed E-state index contributed by atoms with van der Waals surface area (Å²) in [6.07, 6.45) is 1.80. The summed E-state index contributed by atoms with van der Waals surface area (Å²) in [6, 6.07) is 18.2. The van der Waals surface area contributed by atoms with Crippen LogP contribution in [-0.4, -0.2) is 33.8 Å². The van der Waals surface area contributed by atoms with Crippen LogP contribution in [0.5, 0.6) is 0 Å². The second kappa shape index (κ2) is 6.48. The third-order valence-electron chi connectivity index (χ3n) is 4.19. The molecule has 0 radical (unpaired) electrons. The summed E-state index contributed by atoms with van der Waals surface area (Å²) >= 11 is 0. The van der Waals surface area contributed by atoms with Gasteiger partial charge in [0.1, 0.15) is 11.6 Å². The number of hydrogen-bond donors (Lipinski definition) is 1. The van der Waals surface area contributed by atoms with E-state index in [0.717, 1.165) is 33.9 Å². The molecule has 26 heavy (non-hydrogen) atoms. The summed E-state index contributed by atoms with van der Waals surface area (Å²) in [4.78, 5) is 11.2. The third-order valence-corrected chi connectivity index (χ3v) is 4.19. The average Bonchev–Trinajstić information content (AvgIpc) is 3.07. The third kappa shape index (κ3) is 2.97. The number of hydrogen-bond acceptors (Lipinski definition) is 5. The number of para-hydroxylation sites is 1. The van der Waals surface area contributed by atoms with Crippen LogP contribution in [0.4, 0.5) is 17.2 Å². The van der Waals surface area contributed by atoms with E-state index < -0.39 is 0 Å². The quantitative estimate of drug-likeness (QED) is 0.608. The van der Waals surface area contributed by atoms with Crippen LogP contribution < -0.4 is 10.2 Å². The van der Waals surface area contributed by atoms with Gasteiger partial charge in [-0.2, -0.15) is 5.10 Å². The van der Waals surface area contributed by atoms with Gasteiger partial charge in [-0.25, -0.2) is 14.6 Å². The van der Waals surface area contributed by atoms with E-state index in [9.17, 15) is 0 Å². The summed E-state index contributed by atoms with van der Waals surface area (Å²) in [5.41, 5.74) is 3.89. The number of fused-ring (bicyclic) bond motifs is 1. The van der Waals surface area contributed by atoms with E-state index >= 15 is 0 Å². The van der Waals surface area contributed by atoms with Crippen LogP contribution in [0.3, 0.4) is 0 Å². The van der Waals surface area contributed by atoms with Crippen LogP contribution in [0.2, 0.25) is 0 Å². The number of benzene rings is 2. The highest BCUT2D eigenvalue weighted by atomic mass is 15.3. The standard InChI is InChI=1S/C20H20N6/c1-14-22-19(24-15-9-11-16(12-10-15)25(2)3)18-13-21-26(20(18)23-14)17-7-5-4-6-8-17/h4-13H,1-3H3,(H,22,23,24). The lowest BCUT2D eigenvalue weighted by Gasteiger charge is -2.13. The Balaban J connectivity index is 1.75. The Morgan fingerprint density at radius 3 is 2.35 bits per heavy atom. The van der Waals surface area contributed by atoms with E-state index in [1.54, 1.807) is 6.20 Å². The molecule has 6 heteroatoms. The van der Waals surface area contributed by atoms with Gasteiger partial charge in [-0.05, 0) is 43.3 Å². The predicted octanol–water partition coefficient (Wildman–Crippen LogP) is 3.93. The Bertz CT molecular complexity index is 1040. The Morgan fingerprint density at radius 1 is 0.923 bits per heavy atom. The molecule has 0 aliphatic carbocycles. The minimum atomic E-state index is 0.697. The summed E-state index contributed by atoms with van der Waals surface area (Å²) in [6.45, 7) is 1.89. The smallest absolute Gasteiger partial charge is 0.168 e. The highest BCUT2D eigenvalue weighted by molar-refractivity contribution is 5.89. The molecule has 4 aromatic rings. The van der Waals surface area contributed by atoms with Gasteiger partial charge in [0.15, 0.2) is 5.65 Å². The average molecular weight is 344 g/mol. The zero-order valence-electron chi connectivity index (χ0n) is 15.0. The Labute approximate surface area is 152 Å². The fraction of sp³-hybridized carbons (Fsp3) is 0.150. The first-order valence-electron chi connectivity index (χ1n) is 8.44. The van der Waals surface area contributed by atoms with Crippen LogP contribution in [0.15, 0.2) is 60.8 Å². The largest absolute Gasteiger partial charge is 0.378 e. The first-order chi connectivity index (χ1) is 12.6. The number of aromatic nitrogens is 4. The molecule has 0 saturated heterocycles. The van der Waals surface area contributed by atoms with Crippen molar-refractivity contribution in [2.75, 3.05) is 24.3 Å². The molecule has 0 unspecified atom stereocenters. The van der Waals surface area contributed by atoms with Crippen LogP contribution in [0, 0.1) is 6.92 Å². The lowest BCUT2D eigenvalue weighted by molar-refractivity contribution is 0.890. The van der Waals surface area contributed by atoms with Gasteiger partial charge in [0.2, 0.25) is 0 Å². The van der Waals surface area contributed by atoms with Crippen molar-refractivity contribution in [2.45, 2.75) is 6.92 Å². The lowest BCUT2D eigenvalue weighted by atomic mass is 10.2. The van der Waals surface area contributed by atoms with Gasteiger partial charge in [-0.15, -0.1) is 0 Å². The van der Waals surface area contributed by atoms with E-state index in [2.05, 4.69) is 37.4 Å². The number of nitrogens with one attached hydrogen (secondary N) is 1. The van der Waals surface area contributed by atoms with Crippen molar-refractivity contribution < 1.29 is 0 Å². The normalized spacial score (nSPS) is 10.9. The first kappa shape index (κ1) is 16.1. The second-order valence-corrected chi connectivity index (χ2v) is 6.31. The fourth-order valence-corrected chi connectivity index (χ4v) is 2.85. The van der Waals surface area contributed by atoms with E-state index in [1.807, 2.05) is 68.2 Å². The molecule has 0 bridgehead atoms. The van der Waals surface area contributed by atoms with E-state index in [0.29, 0.717) is 5.82 Å². The molecule has 1 N–H and O–H groups in total. The maximum atomic E-state index is 4.59. The Kier molecular flexibility index (Phi) is 4.01. The van der Waals surface area contributed by atoms with E-state index in [4.69, 9.17) is 0 Å². The number of anilines is 3. The summed E-state index contributed by atoms with van der Waals surface area (Å²) < 4.78 is 1.84. The number of aryl methyl sites for hydroxylation is 1. The Hall–Kier alpha value is -3.41. The van der Waals surface area contributed by atoms with Crippen LogP contribution >= 0.6 is 0 Å². The second-order valence-electron chi connectivity index (χ2n) is 6.31. The van der Waals surface area contributed by atoms with Crippen LogP contribution in [-0.2, 0) is 0 Å². The van der Waals surface area contributed by atoms with Gasteiger partial charge >= 0.3 is 0 Å². The topological polar surface area (TPSA) is 58.9 Å². The zero-order chi connectivity index (χ0) is 18.1. The lowest BCUT2D eigenvalue weighted by Crippen LogP contribution is -2.08. The van der Waals surface area contributed by atoms with Crippen molar-refractivity contribution in [2.24, 2.45) is 0 Å². The van der Waals surface area contributed by atoms with Gasteiger partial charge in [0.05, 0.1) is 17.3 Å². The van der Waals surface area contributed by atoms with Crippen molar-refractivity contribution in [3.63, 3.8) is 0 Å². The van der Waals surface area contributed by atoms with Gasteiger partial charge in [-0.3, -0.25) is 0 Å². The monoisotopic (exact) mass is 344 g/mol. The van der Waals surface area contributed by atoms with Crippen molar-refractivity contribution in [3.05, 3.63) is 66.6 Å². The molecule has 0 aliphatic rings. The molecule has 6 nitrogen and oxygen atoms in total. The molecule has 2 heterocycles. The highest BCUT2D eigenvalue weighted by Gasteiger charge is 2.13. The molecular formula is C20H20N6. The first-order valence-corrected chi connectivity index (χ1v) is 8.44. The molecule has 130 valence electrons. The minimum absolute atomic E-state index is 0.697. The summed E-state index contributed by atoms with van der Waals surface area (Å²) in [7, 11) is 4.05. The van der Waals surface area contributed by atoms with Crippen molar-refractivity contribution in [3.8, 4) is 5.69 Å². The molecule has 0 amide bonds. The molecule has 0 aliphatic heterocycles. The highest BCUT2D eigenvalue weighted by Crippen LogP contribution is 2.26. The molecule has 2 aromatic carbocycles. The summed E-state index contributed by atoms with van der Waals surface area (Å²) in [5, 5.41) is 8.79. The van der Waals surface area contributed by atoms with Gasteiger partial charge in [-0.1, -0.05) is 18.2 Å². The predicted molar refractivity (Wildman–Crippen MR) is 105 cm³/mol.